The summed E-state index contributed by atoms with van der Waals surface area (Å²) in [6.45, 7) is 8.43. The Morgan fingerprint density at radius 2 is 2.00 bits per heavy atom. The van der Waals surface area contributed by atoms with Gasteiger partial charge >= 0.3 is 0 Å². The fourth-order valence-electron chi connectivity index (χ4n) is 3.96. The summed E-state index contributed by atoms with van der Waals surface area (Å²) in [5.74, 6) is 2.66. The summed E-state index contributed by atoms with van der Waals surface area (Å²) in [4.78, 5) is 23.7. The van der Waals surface area contributed by atoms with Crippen molar-refractivity contribution < 1.29 is 9.53 Å². The molecule has 152 valence electrons. The Morgan fingerprint density at radius 3 is 2.72 bits per heavy atom. The van der Waals surface area contributed by atoms with Crippen molar-refractivity contribution in [2.75, 3.05) is 29.9 Å². The van der Waals surface area contributed by atoms with Crippen LogP contribution >= 0.6 is 11.3 Å². The highest BCUT2D eigenvalue weighted by atomic mass is 32.1. The highest BCUT2D eigenvalue weighted by Gasteiger charge is 2.23. The highest BCUT2D eigenvalue weighted by molar-refractivity contribution is 7.13. The molecule has 6 nitrogen and oxygen atoms in total. The van der Waals surface area contributed by atoms with Gasteiger partial charge in [0.25, 0.3) is 5.91 Å². The molecule has 1 aliphatic rings. The number of fused-ring (bicyclic) bond motifs is 1. The summed E-state index contributed by atoms with van der Waals surface area (Å²) in [5.41, 5.74) is 1.67. The number of pyridine rings is 1. The molecule has 1 fully saturated rings. The van der Waals surface area contributed by atoms with Crippen LogP contribution < -0.4 is 15.0 Å². The largest absolute Gasteiger partial charge is 0.481 e. The second-order valence-corrected chi connectivity index (χ2v) is 8.84. The number of thiazole rings is 1. The number of aromatic nitrogens is 2. The smallest absolute Gasteiger partial charge is 0.264 e. The minimum absolute atomic E-state index is 0.0819. The number of rotatable bonds is 5. The van der Waals surface area contributed by atoms with Gasteiger partial charge in [-0.2, -0.15) is 0 Å². The molecule has 1 amide bonds. The molecule has 7 heteroatoms. The van der Waals surface area contributed by atoms with Gasteiger partial charge in [-0.15, -0.1) is 11.3 Å². The Morgan fingerprint density at radius 1 is 1.21 bits per heavy atom. The van der Waals surface area contributed by atoms with Gasteiger partial charge < -0.3 is 9.64 Å². The molecule has 0 spiro atoms. The van der Waals surface area contributed by atoms with Crippen LogP contribution in [0.25, 0.3) is 10.9 Å². The van der Waals surface area contributed by atoms with Crippen molar-refractivity contribution >= 4 is 39.1 Å². The molecule has 0 radical (unpaired) electrons. The molecule has 2 unspecified atom stereocenters. The first-order valence-electron chi connectivity index (χ1n) is 9.97. The van der Waals surface area contributed by atoms with E-state index in [4.69, 9.17) is 9.72 Å². The number of nitrogens with one attached hydrogen (secondary N) is 1. The van der Waals surface area contributed by atoms with Gasteiger partial charge in [-0.1, -0.05) is 26.0 Å². The maximum Gasteiger partial charge on any atom is 0.264 e. The van der Waals surface area contributed by atoms with Crippen LogP contribution in [0.15, 0.2) is 35.7 Å². The lowest BCUT2D eigenvalue weighted by Crippen LogP contribution is -2.39. The molecular weight excluding hydrogens is 384 g/mol. The molecule has 0 aliphatic carbocycles. The van der Waals surface area contributed by atoms with Crippen LogP contribution in [0.5, 0.6) is 5.75 Å². The number of ether oxygens (including phenoxy) is 1. The summed E-state index contributed by atoms with van der Waals surface area (Å²) in [6.07, 6.45) is 1.26. The van der Waals surface area contributed by atoms with Gasteiger partial charge in [0.15, 0.2) is 11.7 Å². The van der Waals surface area contributed by atoms with Gasteiger partial charge in [0, 0.05) is 23.9 Å². The number of amides is 1. The maximum absolute atomic E-state index is 12.2. The van der Waals surface area contributed by atoms with Crippen molar-refractivity contribution in [1.82, 2.24) is 9.97 Å². The summed E-state index contributed by atoms with van der Waals surface area (Å²) in [6, 6.07) is 9.95. The number of para-hydroxylation sites is 1. The molecule has 3 aromatic rings. The lowest BCUT2D eigenvalue weighted by atomic mass is 9.92. The molecule has 2 atom stereocenters. The van der Waals surface area contributed by atoms with Crippen LogP contribution in [0.3, 0.4) is 0 Å². The quantitative estimate of drug-likeness (QED) is 0.671. The Hall–Kier alpha value is -2.67. The van der Waals surface area contributed by atoms with Gasteiger partial charge in [0.05, 0.1) is 5.69 Å². The van der Waals surface area contributed by atoms with E-state index >= 15 is 0 Å². The third-order valence-electron chi connectivity index (χ3n) is 5.09. The molecule has 1 saturated heterocycles. The van der Waals surface area contributed by atoms with Gasteiger partial charge in [-0.3, -0.25) is 10.1 Å². The van der Waals surface area contributed by atoms with E-state index in [2.05, 4.69) is 41.2 Å². The van der Waals surface area contributed by atoms with Gasteiger partial charge in [0.1, 0.15) is 17.1 Å². The molecule has 3 heterocycles. The summed E-state index contributed by atoms with van der Waals surface area (Å²) >= 11 is 1.40. The minimum Gasteiger partial charge on any atom is -0.481 e. The van der Waals surface area contributed by atoms with Crippen molar-refractivity contribution in [2.24, 2.45) is 11.8 Å². The van der Waals surface area contributed by atoms with Crippen molar-refractivity contribution in [3.05, 3.63) is 41.4 Å². The normalized spacial score (nSPS) is 19.3. The number of hydrogen-bond donors (Lipinski definition) is 1. The Balaban J connectivity index is 1.50. The average Bonchev–Trinajstić information content (AvgIpc) is 3.09. The summed E-state index contributed by atoms with van der Waals surface area (Å²) in [5, 5.41) is 6.25. The van der Waals surface area contributed by atoms with Gasteiger partial charge in [-0.05, 0) is 43.4 Å². The molecule has 0 saturated carbocycles. The first-order chi connectivity index (χ1) is 14.0. The number of hydrogen-bond acceptors (Lipinski definition) is 6. The van der Waals surface area contributed by atoms with E-state index in [1.54, 1.807) is 0 Å². The van der Waals surface area contributed by atoms with E-state index in [9.17, 15) is 4.79 Å². The number of anilines is 2. The number of piperidine rings is 1. The first kappa shape index (κ1) is 19.6. The van der Waals surface area contributed by atoms with Gasteiger partial charge in [0.2, 0.25) is 0 Å². The number of nitrogens with zero attached hydrogens (tertiary/aromatic N) is 3. The summed E-state index contributed by atoms with van der Waals surface area (Å²) < 4.78 is 5.83. The zero-order chi connectivity index (χ0) is 20.4. The van der Waals surface area contributed by atoms with Crippen molar-refractivity contribution in [3.63, 3.8) is 0 Å². The monoisotopic (exact) mass is 410 g/mol. The number of aryl methyl sites for hydroxylation is 1. The van der Waals surface area contributed by atoms with Gasteiger partial charge in [-0.25, -0.2) is 9.97 Å². The molecule has 1 aliphatic heterocycles. The van der Waals surface area contributed by atoms with E-state index in [1.165, 1.54) is 17.8 Å². The van der Waals surface area contributed by atoms with Crippen molar-refractivity contribution in [1.29, 1.82) is 0 Å². The molecule has 1 aromatic carbocycles. The third-order valence-corrected chi connectivity index (χ3v) is 5.96. The average molecular weight is 411 g/mol. The number of benzene rings is 1. The van der Waals surface area contributed by atoms with Crippen LogP contribution in [0, 0.1) is 18.8 Å². The van der Waals surface area contributed by atoms with E-state index in [-0.39, 0.29) is 12.5 Å². The number of carbonyl (C=O) groups is 1. The Labute approximate surface area is 174 Å². The summed E-state index contributed by atoms with van der Waals surface area (Å²) in [7, 11) is 0. The van der Waals surface area contributed by atoms with Crippen molar-refractivity contribution in [3.8, 4) is 5.75 Å². The molecule has 0 bridgehead atoms. The Kier molecular flexibility index (Phi) is 5.67. The number of carbonyl (C=O) groups excluding carboxylic acids is 1. The van der Waals surface area contributed by atoms with Crippen LogP contribution in [0.4, 0.5) is 10.9 Å². The van der Waals surface area contributed by atoms with Crippen LogP contribution in [0.1, 0.15) is 26.0 Å². The second kappa shape index (κ2) is 8.37. The predicted molar refractivity (Wildman–Crippen MR) is 118 cm³/mol. The predicted octanol–water partition coefficient (Wildman–Crippen LogP) is 4.50. The molecule has 1 N–H and O–H groups in total. The van der Waals surface area contributed by atoms with Crippen molar-refractivity contribution in [2.45, 2.75) is 27.2 Å². The lowest BCUT2D eigenvalue weighted by molar-refractivity contribution is -0.118. The molecule has 4 rings (SSSR count). The lowest BCUT2D eigenvalue weighted by Gasteiger charge is -2.35. The minimum atomic E-state index is -0.230. The molecule has 29 heavy (non-hydrogen) atoms. The fraction of sp³-hybridized carbons (Fsp3) is 0.409. The first-order valence-corrected chi connectivity index (χ1v) is 10.9. The molecule has 2 aromatic heterocycles. The van der Waals surface area contributed by atoms with Crippen LogP contribution in [-0.2, 0) is 4.79 Å². The zero-order valence-electron chi connectivity index (χ0n) is 17.0. The highest BCUT2D eigenvalue weighted by Crippen LogP contribution is 2.30. The topological polar surface area (TPSA) is 67.3 Å². The SMILES string of the molecule is Cc1csc(NC(=O)COc2cccc3ccc(N4CC(C)CC(C)C4)nc23)n1. The second-order valence-electron chi connectivity index (χ2n) is 7.98. The Bertz CT molecular complexity index is 1010. The van der Waals surface area contributed by atoms with E-state index in [0.717, 1.165) is 35.5 Å². The fourth-order valence-corrected chi connectivity index (χ4v) is 4.67. The third kappa shape index (κ3) is 4.67. The van der Waals surface area contributed by atoms with E-state index < -0.39 is 0 Å². The standard InChI is InChI=1S/C22H26N4O2S/c1-14-9-15(2)11-26(10-14)19-8-7-17-5-4-6-18(21(17)24-19)28-12-20(27)25-22-23-16(3)13-29-22/h4-8,13-15H,9-12H2,1-3H3,(H,23,25,27). The molecular formula is C22H26N4O2S. The van der Waals surface area contributed by atoms with E-state index in [0.29, 0.717) is 22.7 Å². The maximum atomic E-state index is 12.2. The van der Waals surface area contributed by atoms with E-state index in [1.807, 2.05) is 30.5 Å². The zero-order valence-corrected chi connectivity index (χ0v) is 17.8. The van der Waals surface area contributed by atoms with Crippen LogP contribution in [-0.4, -0.2) is 35.6 Å². The van der Waals surface area contributed by atoms with Crippen LogP contribution in [0.2, 0.25) is 0 Å².